The Labute approximate surface area is 106 Å². The van der Waals surface area contributed by atoms with Gasteiger partial charge in [0.2, 0.25) is 10.0 Å². The molecule has 6 heteroatoms. The molecule has 0 heterocycles. The second-order valence-electron chi connectivity index (χ2n) is 4.07. The molecule has 1 aromatic rings. The van der Waals surface area contributed by atoms with Crippen LogP contribution in [0.3, 0.4) is 0 Å². The van der Waals surface area contributed by atoms with E-state index in [4.69, 9.17) is 17.3 Å². The Morgan fingerprint density at radius 3 is 2.53 bits per heavy atom. The number of nitrogens with zero attached hydrogens (tertiary/aromatic N) is 1. The lowest BCUT2D eigenvalue weighted by Gasteiger charge is -2.21. The standard InChI is InChI=1S/C11H15ClN2O2S/c12-10-3-1-2-4-11(10)17(15,16)14(8-7-13)9-5-6-9/h1-4,9H,5-8,13H2. The van der Waals surface area contributed by atoms with Gasteiger partial charge < -0.3 is 5.73 Å². The molecule has 1 aromatic carbocycles. The maximum atomic E-state index is 12.4. The Morgan fingerprint density at radius 1 is 1.35 bits per heavy atom. The average molecular weight is 275 g/mol. The number of nitrogens with two attached hydrogens (primary N) is 1. The second kappa shape index (κ2) is 4.94. The Morgan fingerprint density at radius 2 is 2.00 bits per heavy atom. The minimum Gasteiger partial charge on any atom is -0.329 e. The topological polar surface area (TPSA) is 63.4 Å². The Bertz CT molecular complexity index is 500. The fourth-order valence-corrected chi connectivity index (χ4v) is 3.96. The van der Waals surface area contributed by atoms with Crippen LogP contribution in [0.1, 0.15) is 12.8 Å². The van der Waals surface area contributed by atoms with Crippen molar-refractivity contribution in [3.63, 3.8) is 0 Å². The minimum atomic E-state index is -3.51. The monoisotopic (exact) mass is 274 g/mol. The molecule has 1 saturated carbocycles. The number of rotatable bonds is 5. The third-order valence-corrected chi connectivity index (χ3v) is 5.18. The van der Waals surface area contributed by atoms with Gasteiger partial charge in [-0.15, -0.1) is 0 Å². The van der Waals surface area contributed by atoms with E-state index >= 15 is 0 Å². The van der Waals surface area contributed by atoms with Gasteiger partial charge >= 0.3 is 0 Å². The van der Waals surface area contributed by atoms with E-state index in [1.165, 1.54) is 10.4 Å². The first kappa shape index (κ1) is 12.8. The summed E-state index contributed by atoms with van der Waals surface area (Å²) in [6.45, 7) is 0.665. The minimum absolute atomic E-state index is 0.0971. The summed E-state index contributed by atoms with van der Waals surface area (Å²) in [4.78, 5) is 0.169. The first-order valence-electron chi connectivity index (χ1n) is 5.54. The number of benzene rings is 1. The molecule has 1 aliphatic carbocycles. The number of halogens is 1. The lowest BCUT2D eigenvalue weighted by atomic mass is 10.4. The van der Waals surface area contributed by atoms with Gasteiger partial charge in [-0.25, -0.2) is 8.42 Å². The van der Waals surface area contributed by atoms with Crippen LogP contribution in [0, 0.1) is 0 Å². The molecule has 0 saturated heterocycles. The Kier molecular flexibility index (Phi) is 3.73. The van der Waals surface area contributed by atoms with Crippen LogP contribution in [0.5, 0.6) is 0 Å². The van der Waals surface area contributed by atoms with Crippen molar-refractivity contribution >= 4 is 21.6 Å². The molecule has 2 rings (SSSR count). The highest BCUT2D eigenvalue weighted by Gasteiger charge is 2.38. The van der Waals surface area contributed by atoms with Crippen molar-refractivity contribution in [2.45, 2.75) is 23.8 Å². The van der Waals surface area contributed by atoms with Gasteiger partial charge in [0.15, 0.2) is 0 Å². The van der Waals surface area contributed by atoms with E-state index in [1.54, 1.807) is 18.2 Å². The highest BCUT2D eigenvalue weighted by molar-refractivity contribution is 7.89. The highest BCUT2D eigenvalue weighted by atomic mass is 35.5. The van der Waals surface area contributed by atoms with Crippen LogP contribution in [0.2, 0.25) is 5.02 Å². The highest BCUT2D eigenvalue weighted by Crippen LogP contribution is 2.33. The number of hydrogen-bond acceptors (Lipinski definition) is 3. The molecule has 94 valence electrons. The second-order valence-corrected chi connectivity index (χ2v) is 6.33. The van der Waals surface area contributed by atoms with E-state index in [1.807, 2.05) is 0 Å². The van der Waals surface area contributed by atoms with Crippen LogP contribution in [0.15, 0.2) is 29.2 Å². The van der Waals surface area contributed by atoms with E-state index in [2.05, 4.69) is 0 Å². The van der Waals surface area contributed by atoms with Crippen LogP contribution in [-0.4, -0.2) is 31.9 Å². The average Bonchev–Trinajstić information content (AvgIpc) is 3.10. The summed E-state index contributed by atoms with van der Waals surface area (Å²) in [6.07, 6.45) is 1.81. The van der Waals surface area contributed by atoms with Crippen LogP contribution in [-0.2, 0) is 10.0 Å². The third-order valence-electron chi connectivity index (χ3n) is 2.73. The zero-order valence-corrected chi connectivity index (χ0v) is 10.9. The molecule has 0 radical (unpaired) electrons. The molecule has 2 N–H and O–H groups in total. The van der Waals surface area contributed by atoms with Crippen LogP contribution in [0.25, 0.3) is 0 Å². The molecule has 0 aromatic heterocycles. The summed E-state index contributed by atoms with van der Waals surface area (Å²) >= 11 is 5.94. The van der Waals surface area contributed by atoms with Crippen molar-refractivity contribution < 1.29 is 8.42 Å². The normalized spacial score (nSPS) is 16.4. The van der Waals surface area contributed by atoms with Gasteiger partial charge in [-0.2, -0.15) is 4.31 Å². The first-order chi connectivity index (χ1) is 8.07. The van der Waals surface area contributed by atoms with Gasteiger partial charge in [-0.3, -0.25) is 0 Å². The Balaban J connectivity index is 2.37. The molecule has 4 nitrogen and oxygen atoms in total. The summed E-state index contributed by atoms with van der Waals surface area (Å²) in [5.41, 5.74) is 5.47. The predicted molar refractivity (Wildman–Crippen MR) is 67.4 cm³/mol. The fraction of sp³-hybridized carbons (Fsp3) is 0.455. The molecule has 0 aliphatic heterocycles. The molecular weight excluding hydrogens is 260 g/mol. The van der Waals surface area contributed by atoms with Crippen LogP contribution in [0.4, 0.5) is 0 Å². The van der Waals surface area contributed by atoms with Crippen LogP contribution >= 0.6 is 11.6 Å². The lowest BCUT2D eigenvalue weighted by Crippen LogP contribution is -2.37. The van der Waals surface area contributed by atoms with Crippen molar-refractivity contribution in [2.75, 3.05) is 13.1 Å². The van der Waals surface area contributed by atoms with Crippen molar-refractivity contribution in [1.82, 2.24) is 4.31 Å². The summed E-state index contributed by atoms with van der Waals surface area (Å²) in [7, 11) is -3.51. The van der Waals surface area contributed by atoms with Gasteiger partial charge in [-0.1, -0.05) is 23.7 Å². The van der Waals surface area contributed by atoms with Gasteiger partial charge in [0.05, 0.1) is 5.02 Å². The molecule has 0 spiro atoms. The summed E-state index contributed by atoms with van der Waals surface area (Å²) in [5.74, 6) is 0. The molecule has 0 amide bonds. The predicted octanol–water partition coefficient (Wildman–Crippen LogP) is 1.45. The van der Waals surface area contributed by atoms with E-state index in [0.29, 0.717) is 13.1 Å². The molecule has 1 aliphatic rings. The van der Waals surface area contributed by atoms with Gasteiger partial charge in [0.25, 0.3) is 0 Å². The maximum absolute atomic E-state index is 12.4. The summed E-state index contributed by atoms with van der Waals surface area (Å²) in [5, 5.41) is 0.259. The van der Waals surface area contributed by atoms with Gasteiger partial charge in [-0.05, 0) is 25.0 Å². The van der Waals surface area contributed by atoms with E-state index in [-0.39, 0.29) is 16.0 Å². The van der Waals surface area contributed by atoms with Crippen LogP contribution < -0.4 is 5.73 Å². The molecule has 0 atom stereocenters. The van der Waals surface area contributed by atoms with Crippen molar-refractivity contribution in [1.29, 1.82) is 0 Å². The summed E-state index contributed by atoms with van der Waals surface area (Å²) in [6, 6.07) is 6.60. The van der Waals surface area contributed by atoms with Crippen molar-refractivity contribution in [2.24, 2.45) is 5.73 Å². The lowest BCUT2D eigenvalue weighted by molar-refractivity contribution is 0.411. The fourth-order valence-electron chi connectivity index (χ4n) is 1.77. The first-order valence-corrected chi connectivity index (χ1v) is 7.35. The molecule has 17 heavy (non-hydrogen) atoms. The van der Waals surface area contributed by atoms with E-state index in [0.717, 1.165) is 12.8 Å². The van der Waals surface area contributed by atoms with Gasteiger partial charge in [0.1, 0.15) is 4.90 Å². The number of hydrogen-bond donors (Lipinski definition) is 1. The third kappa shape index (κ3) is 2.63. The smallest absolute Gasteiger partial charge is 0.244 e. The SMILES string of the molecule is NCCN(C1CC1)S(=O)(=O)c1ccccc1Cl. The zero-order chi connectivity index (χ0) is 12.5. The largest absolute Gasteiger partial charge is 0.329 e. The van der Waals surface area contributed by atoms with Crippen molar-refractivity contribution in [3.8, 4) is 0 Å². The molecular formula is C11H15ClN2O2S. The molecule has 0 unspecified atom stereocenters. The summed E-state index contributed by atoms with van der Waals surface area (Å²) < 4.78 is 26.3. The van der Waals surface area contributed by atoms with E-state index in [9.17, 15) is 8.42 Å². The quantitative estimate of drug-likeness (QED) is 0.884. The Hall–Kier alpha value is -0.620. The van der Waals surface area contributed by atoms with E-state index < -0.39 is 10.0 Å². The number of sulfonamides is 1. The van der Waals surface area contributed by atoms with Gasteiger partial charge in [0, 0.05) is 19.1 Å². The van der Waals surface area contributed by atoms with Crippen molar-refractivity contribution in [3.05, 3.63) is 29.3 Å². The molecule has 1 fully saturated rings. The molecule has 0 bridgehead atoms. The zero-order valence-electron chi connectivity index (χ0n) is 9.34. The maximum Gasteiger partial charge on any atom is 0.244 e.